The second-order valence-electron chi connectivity index (χ2n) is 3.77. The summed E-state index contributed by atoms with van der Waals surface area (Å²) in [5, 5.41) is 8.87. The normalized spacial score (nSPS) is 15.0. The first kappa shape index (κ1) is 10.8. The number of esters is 2. The van der Waals surface area contributed by atoms with Crippen LogP contribution in [0.2, 0.25) is 0 Å². The first-order valence-corrected chi connectivity index (χ1v) is 6.07. The minimum Gasteiger partial charge on any atom is -0.469 e. The van der Waals surface area contributed by atoms with Crippen molar-refractivity contribution in [2.24, 2.45) is 0 Å². The number of carbonyl (C=O) groups is 2. The molecule has 0 saturated carbocycles. The van der Waals surface area contributed by atoms with Crippen molar-refractivity contribution in [1.82, 2.24) is 0 Å². The fourth-order valence-corrected chi connectivity index (χ4v) is 1.22. The van der Waals surface area contributed by atoms with E-state index in [0.717, 1.165) is 0 Å². The maximum absolute atomic E-state index is 11.5. The number of hydrogen-bond acceptors (Lipinski definition) is 5. The lowest BCUT2D eigenvalue weighted by atomic mass is 10.2. The van der Waals surface area contributed by atoms with Crippen LogP contribution in [0.15, 0.2) is 0 Å². The van der Waals surface area contributed by atoms with Gasteiger partial charge in [0.25, 0.3) is 0 Å². The maximum atomic E-state index is 11.5. The summed E-state index contributed by atoms with van der Waals surface area (Å²) in [6, 6.07) is 0. The zero-order valence-electron chi connectivity index (χ0n) is 14.7. The predicted molar refractivity (Wildman–Crippen MR) is 67.0 cm³/mol. The molecule has 0 aliphatic rings. The molecule has 0 bridgehead atoms. The Hall–Kier alpha value is -1.10. The van der Waals surface area contributed by atoms with Crippen molar-refractivity contribution in [2.45, 2.75) is 51.4 Å². The topological polar surface area (TPSA) is 72.8 Å². The van der Waals surface area contributed by atoms with Crippen molar-refractivity contribution >= 4 is 11.9 Å². The molecule has 0 heterocycles. The average molecular weight is 264 g/mol. The number of methoxy groups -OCH3 is 1. The summed E-state index contributed by atoms with van der Waals surface area (Å²) < 4.78 is 38.2. The van der Waals surface area contributed by atoms with Gasteiger partial charge < -0.3 is 14.6 Å². The Bertz CT molecular complexity index is 355. The molecule has 5 nitrogen and oxygen atoms in total. The first-order valence-electron chi connectivity index (χ1n) is 8.07. The molecule has 0 rings (SSSR count). The maximum Gasteiger partial charge on any atom is 0.305 e. The van der Waals surface area contributed by atoms with Gasteiger partial charge in [-0.05, 0) is 32.1 Å². The molecule has 106 valence electrons. The zero-order chi connectivity index (χ0) is 17.2. The van der Waals surface area contributed by atoms with Gasteiger partial charge in [0.15, 0.2) is 0 Å². The zero-order valence-corrected chi connectivity index (χ0v) is 10.7. The Morgan fingerprint density at radius 1 is 1.00 bits per heavy atom. The number of unbranched alkanes of at least 4 members (excludes halogenated alkanes) is 2. The molecule has 0 aromatic heterocycles. The van der Waals surface area contributed by atoms with Gasteiger partial charge in [0.2, 0.25) is 0 Å². The van der Waals surface area contributed by atoms with Crippen LogP contribution in [0.25, 0.3) is 0 Å². The number of carbonyl (C=O) groups excluding carboxylic acids is 2. The largest absolute Gasteiger partial charge is 0.469 e. The summed E-state index contributed by atoms with van der Waals surface area (Å²) in [5.74, 6) is -1.06. The Morgan fingerprint density at radius 3 is 2.22 bits per heavy atom. The minimum absolute atomic E-state index is 0.00503. The standard InChI is InChI=1S/C13H24O5/c1-17-12(15)8-5-3-7-11-18-13(16)9-4-2-6-10-14/h14H,2-11H2,1H3/i10D2,11D2. The molecule has 0 aromatic carbocycles. The molecule has 0 saturated heterocycles. The summed E-state index contributed by atoms with van der Waals surface area (Å²) in [6.45, 7) is -4.34. The molecule has 0 spiro atoms. The SMILES string of the molecule is [2H]C([2H])(O)CCCCC(=O)OC([2H])([2H])CCCCC(=O)OC. The molecule has 0 radical (unpaired) electrons. The van der Waals surface area contributed by atoms with E-state index in [1.54, 1.807) is 0 Å². The minimum atomic E-state index is -2.25. The molecule has 0 aliphatic carbocycles. The highest BCUT2D eigenvalue weighted by atomic mass is 16.5. The summed E-state index contributed by atoms with van der Waals surface area (Å²) in [6.07, 6.45) is 1.55. The third-order valence-corrected chi connectivity index (χ3v) is 2.24. The van der Waals surface area contributed by atoms with Crippen LogP contribution in [0.1, 0.15) is 56.8 Å². The third-order valence-electron chi connectivity index (χ3n) is 2.24. The van der Waals surface area contributed by atoms with Crippen molar-refractivity contribution in [3.8, 4) is 0 Å². The molecular weight excluding hydrogens is 236 g/mol. The van der Waals surface area contributed by atoms with E-state index >= 15 is 0 Å². The van der Waals surface area contributed by atoms with E-state index in [4.69, 9.17) is 15.3 Å². The highest BCUT2D eigenvalue weighted by Crippen LogP contribution is 2.04. The van der Waals surface area contributed by atoms with Crippen LogP contribution >= 0.6 is 0 Å². The first-order chi connectivity index (χ1) is 10.1. The molecule has 0 amide bonds. The van der Waals surface area contributed by atoms with Crippen LogP contribution in [0, 0.1) is 0 Å². The predicted octanol–water partition coefficient (Wildman–Crippen LogP) is 1.82. The Kier molecular flexibility index (Phi) is 7.41. The highest BCUT2D eigenvalue weighted by Gasteiger charge is 2.03. The van der Waals surface area contributed by atoms with E-state index in [1.165, 1.54) is 7.11 Å². The molecule has 0 aliphatic heterocycles. The summed E-state index contributed by atoms with van der Waals surface area (Å²) in [7, 11) is 1.28. The second kappa shape index (κ2) is 12.4. The van der Waals surface area contributed by atoms with Crippen molar-refractivity contribution in [3.05, 3.63) is 0 Å². The van der Waals surface area contributed by atoms with E-state index in [-0.39, 0.29) is 31.7 Å². The van der Waals surface area contributed by atoms with Crippen LogP contribution < -0.4 is 0 Å². The van der Waals surface area contributed by atoms with Gasteiger partial charge in [0, 0.05) is 19.4 Å². The quantitative estimate of drug-likeness (QED) is 0.455. The molecule has 0 atom stereocenters. The van der Waals surface area contributed by atoms with Gasteiger partial charge in [0.05, 0.1) is 19.2 Å². The van der Waals surface area contributed by atoms with Crippen LogP contribution in [0.4, 0.5) is 0 Å². The molecule has 1 N–H and O–H groups in total. The molecular formula is C13H24O5. The van der Waals surface area contributed by atoms with Gasteiger partial charge in [-0.2, -0.15) is 0 Å². The van der Waals surface area contributed by atoms with Gasteiger partial charge in [-0.25, -0.2) is 0 Å². The fourth-order valence-electron chi connectivity index (χ4n) is 1.22. The van der Waals surface area contributed by atoms with E-state index < -0.39 is 19.1 Å². The second-order valence-corrected chi connectivity index (χ2v) is 3.77. The fraction of sp³-hybridized carbons (Fsp3) is 0.846. The number of rotatable bonds is 11. The summed E-state index contributed by atoms with van der Waals surface area (Å²) in [4.78, 5) is 22.4. The van der Waals surface area contributed by atoms with Crippen LogP contribution in [0.3, 0.4) is 0 Å². The van der Waals surface area contributed by atoms with Crippen molar-refractivity contribution in [1.29, 1.82) is 0 Å². The lowest BCUT2D eigenvalue weighted by Crippen LogP contribution is -2.06. The van der Waals surface area contributed by atoms with E-state index in [0.29, 0.717) is 25.7 Å². The number of hydrogen-bond donors (Lipinski definition) is 1. The van der Waals surface area contributed by atoms with Gasteiger partial charge in [-0.15, -0.1) is 0 Å². The molecule has 0 fully saturated rings. The molecule has 5 heteroatoms. The van der Waals surface area contributed by atoms with E-state index in [9.17, 15) is 9.59 Å². The lowest BCUT2D eigenvalue weighted by molar-refractivity contribution is -0.144. The molecule has 0 aromatic rings. The van der Waals surface area contributed by atoms with Crippen LogP contribution in [0.5, 0.6) is 0 Å². The Labute approximate surface area is 114 Å². The van der Waals surface area contributed by atoms with Gasteiger partial charge in [-0.1, -0.05) is 6.42 Å². The molecule has 0 unspecified atom stereocenters. The third kappa shape index (κ3) is 11.4. The number of aliphatic hydroxyl groups is 1. The number of ether oxygens (including phenoxy) is 2. The molecule has 18 heavy (non-hydrogen) atoms. The van der Waals surface area contributed by atoms with Gasteiger partial charge in [0.1, 0.15) is 0 Å². The van der Waals surface area contributed by atoms with Crippen LogP contribution in [-0.4, -0.2) is 37.3 Å². The van der Waals surface area contributed by atoms with Crippen molar-refractivity contribution in [3.63, 3.8) is 0 Å². The Morgan fingerprint density at radius 2 is 1.61 bits per heavy atom. The summed E-state index contributed by atoms with van der Waals surface area (Å²) >= 11 is 0. The van der Waals surface area contributed by atoms with E-state index in [2.05, 4.69) is 4.74 Å². The van der Waals surface area contributed by atoms with Crippen molar-refractivity contribution in [2.75, 3.05) is 20.2 Å². The van der Waals surface area contributed by atoms with Crippen LogP contribution in [-0.2, 0) is 19.1 Å². The lowest BCUT2D eigenvalue weighted by Gasteiger charge is -2.04. The van der Waals surface area contributed by atoms with Gasteiger partial charge in [-0.3, -0.25) is 9.59 Å². The highest BCUT2D eigenvalue weighted by molar-refractivity contribution is 5.69. The van der Waals surface area contributed by atoms with Crippen molar-refractivity contribution < 1.29 is 29.7 Å². The Balaban J connectivity index is 3.84. The summed E-state index contributed by atoms with van der Waals surface area (Å²) in [5.41, 5.74) is 0. The average Bonchev–Trinajstić information content (AvgIpc) is 2.38. The van der Waals surface area contributed by atoms with Gasteiger partial charge >= 0.3 is 11.9 Å². The van der Waals surface area contributed by atoms with E-state index in [1.807, 2.05) is 0 Å². The monoisotopic (exact) mass is 264 g/mol. The smallest absolute Gasteiger partial charge is 0.305 e.